The van der Waals surface area contributed by atoms with Gasteiger partial charge >= 0.3 is 0 Å². The predicted octanol–water partition coefficient (Wildman–Crippen LogP) is 4.66. The molecule has 0 radical (unpaired) electrons. The summed E-state index contributed by atoms with van der Waals surface area (Å²) in [6, 6.07) is 17.6. The van der Waals surface area contributed by atoms with E-state index >= 15 is 0 Å². The standard InChI is InChI=1S/C16H10BrNO/c17-16-13-3-1-2-4-14(13)19-15(16)9-11-5-7-12(10-18)8-6-11/h1-8H,9H2. The summed E-state index contributed by atoms with van der Waals surface area (Å²) in [7, 11) is 0. The maximum absolute atomic E-state index is 8.78. The second-order valence-electron chi connectivity index (χ2n) is 4.32. The molecular weight excluding hydrogens is 302 g/mol. The molecule has 0 aliphatic rings. The Balaban J connectivity index is 1.96. The van der Waals surface area contributed by atoms with Gasteiger partial charge in [-0.05, 0) is 45.8 Å². The highest BCUT2D eigenvalue weighted by atomic mass is 79.9. The first-order valence-corrected chi connectivity index (χ1v) is 6.72. The summed E-state index contributed by atoms with van der Waals surface area (Å²) in [5.41, 5.74) is 2.68. The summed E-state index contributed by atoms with van der Waals surface area (Å²) < 4.78 is 6.85. The van der Waals surface area contributed by atoms with Crippen molar-refractivity contribution in [1.82, 2.24) is 0 Å². The van der Waals surface area contributed by atoms with Crippen LogP contribution in [-0.2, 0) is 6.42 Å². The van der Waals surface area contributed by atoms with E-state index in [1.165, 1.54) is 0 Å². The first-order valence-electron chi connectivity index (χ1n) is 5.93. The fraction of sp³-hybridized carbons (Fsp3) is 0.0625. The van der Waals surface area contributed by atoms with Crippen LogP contribution in [0.1, 0.15) is 16.9 Å². The minimum atomic E-state index is 0.674. The molecule has 0 atom stereocenters. The van der Waals surface area contributed by atoms with Gasteiger partial charge in [0.2, 0.25) is 0 Å². The van der Waals surface area contributed by atoms with Gasteiger partial charge in [0.15, 0.2) is 0 Å². The zero-order valence-corrected chi connectivity index (χ0v) is 11.6. The number of hydrogen-bond donors (Lipinski definition) is 0. The monoisotopic (exact) mass is 311 g/mol. The van der Waals surface area contributed by atoms with Crippen molar-refractivity contribution in [3.63, 3.8) is 0 Å². The van der Waals surface area contributed by atoms with Gasteiger partial charge < -0.3 is 4.42 Å². The van der Waals surface area contributed by atoms with Crippen molar-refractivity contribution in [2.45, 2.75) is 6.42 Å². The minimum absolute atomic E-state index is 0.674. The predicted molar refractivity (Wildman–Crippen MR) is 77.9 cm³/mol. The van der Waals surface area contributed by atoms with E-state index in [2.05, 4.69) is 22.0 Å². The van der Waals surface area contributed by atoms with Crippen molar-refractivity contribution < 1.29 is 4.42 Å². The molecule has 0 aliphatic carbocycles. The smallest absolute Gasteiger partial charge is 0.135 e. The molecule has 0 aliphatic heterocycles. The largest absolute Gasteiger partial charge is 0.459 e. The van der Waals surface area contributed by atoms with Gasteiger partial charge in [-0.25, -0.2) is 0 Å². The average Bonchev–Trinajstić information content (AvgIpc) is 2.77. The van der Waals surface area contributed by atoms with Gasteiger partial charge in [0.05, 0.1) is 16.1 Å². The number of para-hydroxylation sites is 1. The Hall–Kier alpha value is -2.05. The molecule has 0 fully saturated rings. The van der Waals surface area contributed by atoms with Crippen LogP contribution < -0.4 is 0 Å². The number of benzene rings is 2. The maximum Gasteiger partial charge on any atom is 0.135 e. The highest BCUT2D eigenvalue weighted by Crippen LogP contribution is 2.32. The Morgan fingerprint density at radius 3 is 2.47 bits per heavy atom. The molecule has 0 bridgehead atoms. The number of furan rings is 1. The summed E-state index contributed by atoms with van der Waals surface area (Å²) in [5.74, 6) is 0.908. The van der Waals surface area contributed by atoms with Gasteiger partial charge in [-0.3, -0.25) is 0 Å². The van der Waals surface area contributed by atoms with Gasteiger partial charge in [-0.15, -0.1) is 0 Å². The normalized spacial score (nSPS) is 10.5. The average molecular weight is 312 g/mol. The van der Waals surface area contributed by atoms with Crippen molar-refractivity contribution in [3.05, 3.63) is 69.9 Å². The molecule has 3 aromatic rings. The second kappa shape index (κ2) is 4.91. The molecule has 0 amide bonds. The lowest BCUT2D eigenvalue weighted by molar-refractivity contribution is 0.560. The summed E-state index contributed by atoms with van der Waals surface area (Å²) in [5, 5.41) is 9.87. The molecule has 0 N–H and O–H groups in total. The lowest BCUT2D eigenvalue weighted by Crippen LogP contribution is -1.86. The molecule has 2 nitrogen and oxygen atoms in total. The quantitative estimate of drug-likeness (QED) is 0.690. The van der Waals surface area contributed by atoms with Crippen LogP contribution in [0.4, 0.5) is 0 Å². The van der Waals surface area contributed by atoms with Gasteiger partial charge in [-0.1, -0.05) is 24.3 Å². The third kappa shape index (κ3) is 2.27. The van der Waals surface area contributed by atoms with Crippen LogP contribution in [0.3, 0.4) is 0 Å². The van der Waals surface area contributed by atoms with E-state index in [4.69, 9.17) is 9.68 Å². The van der Waals surface area contributed by atoms with Crippen LogP contribution in [0.15, 0.2) is 57.4 Å². The Kier molecular flexibility index (Phi) is 3.10. The molecule has 3 heteroatoms. The van der Waals surface area contributed by atoms with Crippen molar-refractivity contribution in [2.24, 2.45) is 0 Å². The van der Waals surface area contributed by atoms with E-state index in [0.717, 1.165) is 26.8 Å². The second-order valence-corrected chi connectivity index (χ2v) is 5.11. The molecule has 1 heterocycles. The lowest BCUT2D eigenvalue weighted by atomic mass is 10.1. The lowest BCUT2D eigenvalue weighted by Gasteiger charge is -1.99. The van der Waals surface area contributed by atoms with Gasteiger partial charge in [0.1, 0.15) is 11.3 Å². The molecule has 0 spiro atoms. The van der Waals surface area contributed by atoms with Crippen molar-refractivity contribution in [1.29, 1.82) is 5.26 Å². The highest BCUT2D eigenvalue weighted by Gasteiger charge is 2.11. The number of rotatable bonds is 2. The van der Waals surface area contributed by atoms with E-state index in [-0.39, 0.29) is 0 Å². The maximum atomic E-state index is 8.78. The fourth-order valence-corrected chi connectivity index (χ4v) is 2.61. The third-order valence-electron chi connectivity index (χ3n) is 3.05. The third-order valence-corrected chi connectivity index (χ3v) is 3.92. The number of nitrogens with zero attached hydrogens (tertiary/aromatic N) is 1. The molecule has 0 unspecified atom stereocenters. The van der Waals surface area contributed by atoms with Gasteiger partial charge in [0, 0.05) is 11.8 Å². The summed E-state index contributed by atoms with van der Waals surface area (Å²) in [6.45, 7) is 0. The number of halogens is 1. The number of nitriles is 1. The van der Waals surface area contributed by atoms with E-state index in [1.807, 2.05) is 48.5 Å². The number of fused-ring (bicyclic) bond motifs is 1. The summed E-state index contributed by atoms with van der Waals surface area (Å²) in [4.78, 5) is 0. The first kappa shape index (κ1) is 12.0. The minimum Gasteiger partial charge on any atom is -0.459 e. The summed E-state index contributed by atoms with van der Waals surface area (Å²) >= 11 is 3.59. The van der Waals surface area contributed by atoms with Crippen LogP contribution in [-0.4, -0.2) is 0 Å². The molecular formula is C16H10BrNO. The molecule has 2 aromatic carbocycles. The van der Waals surface area contributed by atoms with Crippen LogP contribution in [0.5, 0.6) is 0 Å². The van der Waals surface area contributed by atoms with Gasteiger partial charge in [0.25, 0.3) is 0 Å². The van der Waals surface area contributed by atoms with E-state index < -0.39 is 0 Å². The fourth-order valence-electron chi connectivity index (χ4n) is 2.06. The van der Waals surface area contributed by atoms with Crippen molar-refractivity contribution in [3.8, 4) is 6.07 Å². The Labute approximate surface area is 119 Å². The van der Waals surface area contributed by atoms with E-state index in [1.54, 1.807) is 0 Å². The zero-order valence-electron chi connectivity index (χ0n) is 10.1. The first-order chi connectivity index (χ1) is 9.28. The Morgan fingerprint density at radius 2 is 1.79 bits per heavy atom. The van der Waals surface area contributed by atoms with Crippen LogP contribution in [0, 0.1) is 11.3 Å². The van der Waals surface area contributed by atoms with E-state index in [9.17, 15) is 0 Å². The Morgan fingerprint density at radius 1 is 1.05 bits per heavy atom. The molecule has 3 rings (SSSR count). The highest BCUT2D eigenvalue weighted by molar-refractivity contribution is 9.10. The molecule has 19 heavy (non-hydrogen) atoms. The van der Waals surface area contributed by atoms with Crippen molar-refractivity contribution in [2.75, 3.05) is 0 Å². The summed E-state index contributed by atoms with van der Waals surface area (Å²) in [6.07, 6.45) is 0.709. The molecule has 0 saturated carbocycles. The van der Waals surface area contributed by atoms with Crippen molar-refractivity contribution >= 4 is 26.9 Å². The Bertz CT molecular complexity index is 766. The molecule has 0 saturated heterocycles. The zero-order chi connectivity index (χ0) is 13.2. The number of hydrogen-bond acceptors (Lipinski definition) is 2. The van der Waals surface area contributed by atoms with Gasteiger partial charge in [-0.2, -0.15) is 5.26 Å². The van der Waals surface area contributed by atoms with Crippen LogP contribution in [0.2, 0.25) is 0 Å². The SMILES string of the molecule is N#Cc1ccc(Cc2oc3ccccc3c2Br)cc1. The van der Waals surface area contributed by atoms with Crippen LogP contribution in [0.25, 0.3) is 11.0 Å². The topological polar surface area (TPSA) is 36.9 Å². The molecule has 1 aromatic heterocycles. The van der Waals surface area contributed by atoms with E-state index in [0.29, 0.717) is 12.0 Å². The molecule has 92 valence electrons. The van der Waals surface area contributed by atoms with Crippen LogP contribution >= 0.6 is 15.9 Å².